The third-order valence-corrected chi connectivity index (χ3v) is 2.70. The standard InChI is InChI=1S/C9H15F3N2O/c1-8(2-4-13-5-3-8)7(15)14-6-9(10,11)12/h13H,2-6H2,1H3,(H,14,15). The summed E-state index contributed by atoms with van der Waals surface area (Å²) in [6, 6.07) is 0. The number of piperidine rings is 1. The molecule has 1 rings (SSSR count). The molecule has 0 bridgehead atoms. The van der Waals surface area contributed by atoms with E-state index in [9.17, 15) is 18.0 Å². The number of carbonyl (C=O) groups excluding carboxylic acids is 1. The minimum Gasteiger partial charge on any atom is -0.347 e. The predicted octanol–water partition coefficient (Wildman–Crippen LogP) is 1.05. The minimum absolute atomic E-state index is 0.499. The summed E-state index contributed by atoms with van der Waals surface area (Å²) < 4.78 is 35.6. The Kier molecular flexibility index (Phi) is 3.59. The van der Waals surface area contributed by atoms with Crippen LogP contribution in [0.2, 0.25) is 0 Å². The Morgan fingerprint density at radius 1 is 1.40 bits per heavy atom. The summed E-state index contributed by atoms with van der Waals surface area (Å²) in [6.45, 7) is 1.82. The summed E-state index contributed by atoms with van der Waals surface area (Å²) in [7, 11) is 0. The number of hydrogen-bond acceptors (Lipinski definition) is 2. The second-order valence-electron chi connectivity index (χ2n) is 4.11. The predicted molar refractivity (Wildman–Crippen MR) is 49.3 cm³/mol. The van der Waals surface area contributed by atoms with E-state index in [1.165, 1.54) is 0 Å². The number of amides is 1. The lowest BCUT2D eigenvalue weighted by Crippen LogP contribution is -2.47. The maximum Gasteiger partial charge on any atom is 0.405 e. The van der Waals surface area contributed by atoms with Crippen molar-refractivity contribution in [1.82, 2.24) is 10.6 Å². The number of halogens is 3. The van der Waals surface area contributed by atoms with Crippen molar-refractivity contribution in [2.75, 3.05) is 19.6 Å². The van der Waals surface area contributed by atoms with E-state index in [0.717, 1.165) is 0 Å². The molecule has 1 amide bonds. The van der Waals surface area contributed by atoms with Crippen LogP contribution in [0.1, 0.15) is 19.8 Å². The zero-order valence-electron chi connectivity index (χ0n) is 8.58. The highest BCUT2D eigenvalue weighted by Gasteiger charge is 2.36. The first-order chi connectivity index (χ1) is 6.83. The zero-order valence-corrected chi connectivity index (χ0v) is 8.58. The van der Waals surface area contributed by atoms with Crippen LogP contribution in [0, 0.1) is 5.41 Å². The average Bonchev–Trinajstić information content (AvgIpc) is 2.14. The van der Waals surface area contributed by atoms with Gasteiger partial charge in [0.05, 0.1) is 0 Å². The number of hydrogen-bond donors (Lipinski definition) is 2. The molecular weight excluding hydrogens is 209 g/mol. The largest absolute Gasteiger partial charge is 0.405 e. The first-order valence-corrected chi connectivity index (χ1v) is 4.89. The maximum absolute atomic E-state index is 11.9. The molecule has 0 radical (unpaired) electrons. The van der Waals surface area contributed by atoms with Gasteiger partial charge in [0, 0.05) is 5.41 Å². The first kappa shape index (κ1) is 12.3. The molecule has 88 valence electrons. The van der Waals surface area contributed by atoms with E-state index in [1.807, 2.05) is 5.32 Å². The van der Waals surface area contributed by atoms with Crippen LogP contribution in [0.3, 0.4) is 0 Å². The number of alkyl halides is 3. The summed E-state index contributed by atoms with van der Waals surface area (Å²) >= 11 is 0. The molecule has 0 saturated carbocycles. The van der Waals surface area contributed by atoms with Crippen LogP contribution in [0.25, 0.3) is 0 Å². The van der Waals surface area contributed by atoms with Crippen molar-refractivity contribution >= 4 is 5.91 Å². The monoisotopic (exact) mass is 224 g/mol. The van der Waals surface area contributed by atoms with Crippen LogP contribution in [0.15, 0.2) is 0 Å². The van der Waals surface area contributed by atoms with E-state index >= 15 is 0 Å². The quantitative estimate of drug-likeness (QED) is 0.736. The summed E-state index contributed by atoms with van der Waals surface area (Å²) in [6.07, 6.45) is -3.17. The number of carbonyl (C=O) groups is 1. The van der Waals surface area contributed by atoms with Crippen molar-refractivity contribution in [2.24, 2.45) is 5.41 Å². The third kappa shape index (κ3) is 3.70. The van der Waals surface area contributed by atoms with Crippen LogP contribution in [0.5, 0.6) is 0 Å². The normalized spacial score (nSPS) is 21.1. The van der Waals surface area contributed by atoms with E-state index in [4.69, 9.17) is 0 Å². The molecule has 0 aromatic carbocycles. The lowest BCUT2D eigenvalue weighted by atomic mass is 9.80. The van der Waals surface area contributed by atoms with Crippen LogP contribution in [-0.2, 0) is 4.79 Å². The van der Waals surface area contributed by atoms with Crippen molar-refractivity contribution in [3.05, 3.63) is 0 Å². The molecule has 1 saturated heterocycles. The molecule has 1 aliphatic rings. The second-order valence-corrected chi connectivity index (χ2v) is 4.11. The smallest absolute Gasteiger partial charge is 0.347 e. The fourth-order valence-corrected chi connectivity index (χ4v) is 1.60. The van der Waals surface area contributed by atoms with Crippen molar-refractivity contribution in [2.45, 2.75) is 25.9 Å². The van der Waals surface area contributed by atoms with E-state index in [2.05, 4.69) is 5.32 Å². The van der Waals surface area contributed by atoms with Gasteiger partial charge >= 0.3 is 6.18 Å². The molecule has 0 aromatic rings. The molecule has 1 aliphatic heterocycles. The highest BCUT2D eigenvalue weighted by atomic mass is 19.4. The summed E-state index contributed by atoms with van der Waals surface area (Å²) in [4.78, 5) is 11.5. The minimum atomic E-state index is -4.33. The molecule has 3 nitrogen and oxygen atoms in total. The molecule has 0 atom stereocenters. The Morgan fingerprint density at radius 3 is 2.40 bits per heavy atom. The van der Waals surface area contributed by atoms with Gasteiger partial charge in [0.1, 0.15) is 6.54 Å². The third-order valence-electron chi connectivity index (χ3n) is 2.70. The van der Waals surface area contributed by atoms with Crippen LogP contribution >= 0.6 is 0 Å². The van der Waals surface area contributed by atoms with Crippen molar-refractivity contribution in [3.8, 4) is 0 Å². The molecular formula is C9H15F3N2O. The Morgan fingerprint density at radius 2 is 1.93 bits per heavy atom. The summed E-state index contributed by atoms with van der Waals surface area (Å²) in [5.74, 6) is -0.499. The van der Waals surface area contributed by atoms with E-state index < -0.39 is 24.0 Å². The first-order valence-electron chi connectivity index (χ1n) is 4.89. The van der Waals surface area contributed by atoms with Gasteiger partial charge in [-0.3, -0.25) is 4.79 Å². The highest BCUT2D eigenvalue weighted by molar-refractivity contribution is 5.82. The van der Waals surface area contributed by atoms with Crippen molar-refractivity contribution < 1.29 is 18.0 Å². The number of nitrogens with one attached hydrogen (secondary N) is 2. The van der Waals surface area contributed by atoms with Gasteiger partial charge in [-0.05, 0) is 25.9 Å². The molecule has 0 spiro atoms. The molecule has 0 aliphatic carbocycles. The molecule has 1 heterocycles. The fraction of sp³-hybridized carbons (Fsp3) is 0.889. The number of rotatable bonds is 2. The van der Waals surface area contributed by atoms with Gasteiger partial charge in [0.25, 0.3) is 0 Å². The van der Waals surface area contributed by atoms with E-state index in [-0.39, 0.29) is 0 Å². The van der Waals surface area contributed by atoms with E-state index in [0.29, 0.717) is 25.9 Å². The highest BCUT2D eigenvalue weighted by Crippen LogP contribution is 2.28. The molecule has 2 N–H and O–H groups in total. The van der Waals surface area contributed by atoms with Crippen LogP contribution in [-0.4, -0.2) is 31.7 Å². The lowest BCUT2D eigenvalue weighted by Gasteiger charge is -2.32. The average molecular weight is 224 g/mol. The van der Waals surface area contributed by atoms with Gasteiger partial charge in [-0.1, -0.05) is 6.92 Å². The maximum atomic E-state index is 11.9. The summed E-state index contributed by atoms with van der Waals surface area (Å²) in [5, 5.41) is 5.01. The van der Waals surface area contributed by atoms with Crippen LogP contribution in [0.4, 0.5) is 13.2 Å². The molecule has 15 heavy (non-hydrogen) atoms. The Hall–Kier alpha value is -0.780. The molecule has 0 unspecified atom stereocenters. The van der Waals surface area contributed by atoms with Gasteiger partial charge in [0.15, 0.2) is 0 Å². The van der Waals surface area contributed by atoms with Crippen molar-refractivity contribution in [1.29, 1.82) is 0 Å². The lowest BCUT2D eigenvalue weighted by molar-refractivity contribution is -0.145. The fourth-order valence-electron chi connectivity index (χ4n) is 1.60. The second kappa shape index (κ2) is 4.38. The topological polar surface area (TPSA) is 41.1 Å². The van der Waals surface area contributed by atoms with Gasteiger partial charge in [-0.15, -0.1) is 0 Å². The van der Waals surface area contributed by atoms with Gasteiger partial charge in [0.2, 0.25) is 5.91 Å². The van der Waals surface area contributed by atoms with Gasteiger partial charge in [-0.25, -0.2) is 0 Å². The summed E-state index contributed by atoms with van der Waals surface area (Å²) in [5.41, 5.74) is -0.656. The Bertz CT molecular complexity index is 234. The van der Waals surface area contributed by atoms with Gasteiger partial charge < -0.3 is 10.6 Å². The Labute approximate surface area is 86.4 Å². The molecule has 1 fully saturated rings. The zero-order chi connectivity index (χ0) is 11.5. The van der Waals surface area contributed by atoms with Crippen molar-refractivity contribution in [3.63, 3.8) is 0 Å². The van der Waals surface area contributed by atoms with Gasteiger partial charge in [-0.2, -0.15) is 13.2 Å². The van der Waals surface area contributed by atoms with E-state index in [1.54, 1.807) is 6.92 Å². The molecule has 6 heteroatoms. The van der Waals surface area contributed by atoms with Crippen LogP contribution < -0.4 is 10.6 Å². The molecule has 0 aromatic heterocycles. The SMILES string of the molecule is CC1(C(=O)NCC(F)(F)F)CCNCC1. The Balaban J connectivity index is 2.45.